The van der Waals surface area contributed by atoms with Crippen LogP contribution in [0.1, 0.15) is 0 Å². The van der Waals surface area contributed by atoms with Gasteiger partial charge in [-0.2, -0.15) is 0 Å². The maximum absolute atomic E-state index is 12.5. The second kappa shape index (κ2) is 7.66. The number of allylic oxidation sites excluding steroid dienone is 10. The molecule has 0 aromatic carbocycles. The van der Waals surface area contributed by atoms with Crippen LogP contribution < -0.4 is 0 Å². The van der Waals surface area contributed by atoms with Crippen LogP contribution in [0.2, 0.25) is 0 Å². The topological polar surface area (TPSA) is 102 Å². The summed E-state index contributed by atoms with van der Waals surface area (Å²) in [6.45, 7) is 0. The molecule has 0 N–H and O–H groups in total. The van der Waals surface area contributed by atoms with Gasteiger partial charge in [0.15, 0.2) is 0 Å². The van der Waals surface area contributed by atoms with E-state index in [2.05, 4.69) is 20.0 Å². The van der Waals surface area contributed by atoms with Crippen molar-refractivity contribution in [3.8, 4) is 0 Å². The first-order valence-electron chi connectivity index (χ1n) is 9.72. The van der Waals surface area contributed by atoms with Gasteiger partial charge in [0.1, 0.15) is 11.1 Å². The average molecular weight is 424 g/mol. The molecule has 0 aromatic rings. The minimum atomic E-state index is -0.528. The smallest absolute Gasteiger partial charge is 0.342 e. The van der Waals surface area contributed by atoms with Gasteiger partial charge in [0.25, 0.3) is 0 Å². The average Bonchev–Trinajstić information content (AvgIpc) is 3.58. The number of fused-ring (bicyclic) bond motifs is 4. The van der Waals surface area contributed by atoms with Gasteiger partial charge in [-0.3, -0.25) is 0 Å². The van der Waals surface area contributed by atoms with E-state index in [1.165, 1.54) is 14.2 Å². The van der Waals surface area contributed by atoms with Gasteiger partial charge >= 0.3 is 11.9 Å². The molecule has 5 aliphatic heterocycles. The van der Waals surface area contributed by atoms with Crippen molar-refractivity contribution in [2.45, 2.75) is 0 Å². The van der Waals surface area contributed by atoms with Crippen LogP contribution in [0.4, 0.5) is 0 Å². The van der Waals surface area contributed by atoms with E-state index in [-0.39, 0.29) is 11.1 Å². The summed E-state index contributed by atoms with van der Waals surface area (Å²) in [4.78, 5) is 43.2. The molecular weight excluding hydrogens is 408 g/mol. The predicted molar refractivity (Wildman–Crippen MR) is 121 cm³/mol. The predicted octanol–water partition coefficient (Wildman–Crippen LogP) is 2.67. The fraction of sp³-hybridized carbons (Fsp3) is 0.0833. The second-order valence-electron chi connectivity index (χ2n) is 7.04. The molecule has 0 atom stereocenters. The van der Waals surface area contributed by atoms with Crippen molar-refractivity contribution in [1.82, 2.24) is 0 Å². The van der Waals surface area contributed by atoms with Crippen LogP contribution in [0.3, 0.4) is 0 Å². The quantitative estimate of drug-likeness (QED) is 0.636. The van der Waals surface area contributed by atoms with Crippen molar-refractivity contribution in [2.75, 3.05) is 14.2 Å². The first kappa shape index (κ1) is 19.5. The highest BCUT2D eigenvalue weighted by molar-refractivity contribution is 6.29. The fourth-order valence-electron chi connectivity index (χ4n) is 3.58. The number of carbonyl (C=O) groups is 2. The highest BCUT2D eigenvalue weighted by atomic mass is 16.5. The van der Waals surface area contributed by atoms with Gasteiger partial charge in [0.05, 0.1) is 59.9 Å². The Kier molecular flexibility index (Phi) is 4.67. The molecule has 5 aliphatic rings. The Balaban J connectivity index is 1.73. The van der Waals surface area contributed by atoms with E-state index < -0.39 is 11.9 Å². The molecule has 0 fully saturated rings. The van der Waals surface area contributed by atoms with E-state index in [9.17, 15) is 9.59 Å². The number of aliphatic imine (C=N–C) groups is 4. The first-order chi connectivity index (χ1) is 15.6. The lowest BCUT2D eigenvalue weighted by atomic mass is 10.1. The van der Waals surface area contributed by atoms with Gasteiger partial charge in [-0.1, -0.05) is 0 Å². The number of hydrogen-bond donors (Lipinski definition) is 0. The maximum atomic E-state index is 12.5. The van der Waals surface area contributed by atoms with Gasteiger partial charge in [0, 0.05) is 0 Å². The molecule has 0 aliphatic carbocycles. The summed E-state index contributed by atoms with van der Waals surface area (Å²) in [5.74, 6) is -1.06. The first-order valence-corrected chi connectivity index (χ1v) is 9.72. The second-order valence-corrected chi connectivity index (χ2v) is 7.04. The normalized spacial score (nSPS) is 20.2. The van der Waals surface area contributed by atoms with E-state index in [1.807, 2.05) is 0 Å². The SMILES string of the molecule is COC(=O)C1=C2C=CC(=N2)C=C2C=CC(=N2)C(C(=O)OC)=C2C=CC(=N2)C=C2C=CC1=N2. The number of rotatable bonds is 2. The number of methoxy groups -OCH3 is 2. The van der Waals surface area contributed by atoms with Gasteiger partial charge in [-0.05, 0) is 60.8 Å². The Morgan fingerprint density at radius 2 is 1.03 bits per heavy atom. The molecule has 8 bridgehead atoms. The minimum absolute atomic E-state index is 0.271. The van der Waals surface area contributed by atoms with Crippen LogP contribution in [0.5, 0.6) is 0 Å². The summed E-state index contributed by atoms with van der Waals surface area (Å²) in [6, 6.07) is 0. The van der Waals surface area contributed by atoms with E-state index in [0.717, 1.165) is 0 Å². The minimum Gasteiger partial charge on any atom is -0.465 e. The van der Waals surface area contributed by atoms with E-state index in [1.54, 1.807) is 60.8 Å². The van der Waals surface area contributed by atoms with Crippen LogP contribution >= 0.6 is 0 Å². The lowest BCUT2D eigenvalue weighted by molar-refractivity contribution is -0.136. The Hall–Kier alpha value is -4.46. The summed E-state index contributed by atoms with van der Waals surface area (Å²) in [5.41, 5.74) is 4.73. The largest absolute Gasteiger partial charge is 0.465 e. The molecule has 0 radical (unpaired) electrons. The number of ether oxygens (including phenoxy) is 2. The molecule has 0 aromatic heterocycles. The van der Waals surface area contributed by atoms with Crippen molar-refractivity contribution in [3.05, 3.63) is 94.7 Å². The Morgan fingerprint density at radius 1 is 0.594 bits per heavy atom. The third kappa shape index (κ3) is 3.37. The number of esters is 2. The van der Waals surface area contributed by atoms with E-state index in [0.29, 0.717) is 45.6 Å². The Morgan fingerprint density at radius 3 is 1.44 bits per heavy atom. The number of nitrogens with zero attached hydrogens (tertiary/aromatic N) is 4. The van der Waals surface area contributed by atoms with Crippen molar-refractivity contribution < 1.29 is 19.1 Å². The summed E-state index contributed by atoms with van der Waals surface area (Å²) < 4.78 is 9.94. The highest BCUT2D eigenvalue weighted by Crippen LogP contribution is 2.26. The number of carbonyl (C=O) groups excluding carboxylic acids is 2. The van der Waals surface area contributed by atoms with Crippen LogP contribution in [-0.4, -0.2) is 49.0 Å². The lowest BCUT2D eigenvalue weighted by Crippen LogP contribution is -2.14. The fourth-order valence-corrected chi connectivity index (χ4v) is 3.58. The van der Waals surface area contributed by atoms with Crippen molar-refractivity contribution in [2.24, 2.45) is 20.0 Å². The molecule has 0 saturated carbocycles. The molecule has 5 rings (SSSR count). The summed E-state index contributed by atoms with van der Waals surface area (Å²) in [7, 11) is 2.64. The summed E-state index contributed by atoms with van der Waals surface area (Å²) >= 11 is 0. The molecular formula is C24H16N4O4. The zero-order valence-corrected chi connectivity index (χ0v) is 17.2. The monoisotopic (exact) mass is 424 g/mol. The zero-order valence-electron chi connectivity index (χ0n) is 17.2. The molecule has 8 heteroatoms. The lowest BCUT2D eigenvalue weighted by Gasteiger charge is -2.06. The van der Waals surface area contributed by atoms with Crippen LogP contribution in [0, 0.1) is 0 Å². The molecule has 5 heterocycles. The third-order valence-electron chi connectivity index (χ3n) is 5.04. The molecule has 8 nitrogen and oxygen atoms in total. The van der Waals surface area contributed by atoms with Crippen LogP contribution in [-0.2, 0) is 19.1 Å². The van der Waals surface area contributed by atoms with Crippen molar-refractivity contribution >= 4 is 34.8 Å². The van der Waals surface area contributed by atoms with Gasteiger partial charge < -0.3 is 9.47 Å². The van der Waals surface area contributed by atoms with Gasteiger partial charge in [-0.15, -0.1) is 0 Å². The van der Waals surface area contributed by atoms with Crippen LogP contribution in [0.15, 0.2) is 115 Å². The molecule has 0 spiro atoms. The molecule has 0 saturated heterocycles. The zero-order chi connectivity index (χ0) is 22.2. The standard InChI is InChI=1S/C24H16N4O4/c1-31-23(29)21-17-7-3-13(25-17)11-15-5-9-19(27-15)22(24(30)32-2)20-10-6-16(28-20)12-14-4-8-18(21)26-14/h3-12H,1-2H3. The number of hydrogen-bond acceptors (Lipinski definition) is 8. The van der Waals surface area contributed by atoms with Gasteiger partial charge in [0.2, 0.25) is 0 Å². The van der Waals surface area contributed by atoms with Crippen molar-refractivity contribution in [1.29, 1.82) is 0 Å². The van der Waals surface area contributed by atoms with Gasteiger partial charge in [-0.25, -0.2) is 29.6 Å². The summed E-state index contributed by atoms with van der Waals surface area (Å²) in [6.07, 6.45) is 17.5. The van der Waals surface area contributed by atoms with E-state index in [4.69, 9.17) is 9.47 Å². The molecule has 0 unspecified atom stereocenters. The van der Waals surface area contributed by atoms with Crippen molar-refractivity contribution in [3.63, 3.8) is 0 Å². The van der Waals surface area contributed by atoms with E-state index >= 15 is 0 Å². The Labute approximate surface area is 183 Å². The molecule has 0 amide bonds. The molecule has 32 heavy (non-hydrogen) atoms. The summed E-state index contributed by atoms with van der Waals surface area (Å²) in [5, 5.41) is 0. The highest BCUT2D eigenvalue weighted by Gasteiger charge is 2.26. The maximum Gasteiger partial charge on any atom is 0.342 e. The molecule has 156 valence electrons. The van der Waals surface area contributed by atoms with Crippen LogP contribution in [0.25, 0.3) is 0 Å². The third-order valence-corrected chi connectivity index (χ3v) is 5.04. The Bertz CT molecular complexity index is 1250.